The highest BCUT2D eigenvalue weighted by molar-refractivity contribution is 6.07. The number of benzene rings is 2. The van der Waals surface area contributed by atoms with Gasteiger partial charge in [0.2, 0.25) is 0 Å². The van der Waals surface area contributed by atoms with E-state index in [2.05, 4.69) is 10.6 Å². The lowest BCUT2D eigenvalue weighted by molar-refractivity contribution is 0.0635. The van der Waals surface area contributed by atoms with Gasteiger partial charge in [-0.3, -0.25) is 10.1 Å². The number of hydrogen-bond donors (Lipinski definition) is 2. The molecule has 0 aliphatic rings. The summed E-state index contributed by atoms with van der Waals surface area (Å²) >= 11 is 0. The highest BCUT2D eigenvalue weighted by atomic mass is 19.1. The Morgan fingerprint density at radius 2 is 1.79 bits per heavy atom. The molecule has 2 aromatic rings. The van der Waals surface area contributed by atoms with Crippen LogP contribution >= 0.6 is 0 Å². The van der Waals surface area contributed by atoms with Crippen molar-refractivity contribution in [2.45, 2.75) is 39.7 Å². The van der Waals surface area contributed by atoms with Gasteiger partial charge in [0, 0.05) is 5.56 Å². The Balaban J connectivity index is 2.17. The van der Waals surface area contributed by atoms with Crippen molar-refractivity contribution in [1.82, 2.24) is 0 Å². The van der Waals surface area contributed by atoms with Gasteiger partial charge in [-0.1, -0.05) is 13.0 Å². The molecule has 150 valence electrons. The molecule has 0 aliphatic carbocycles. The average molecular weight is 388 g/mol. The minimum atomic E-state index is -0.704. The monoisotopic (exact) mass is 388 g/mol. The summed E-state index contributed by atoms with van der Waals surface area (Å²) in [5, 5.41) is 5.14. The quantitative estimate of drug-likeness (QED) is 0.712. The molecule has 0 atom stereocenters. The van der Waals surface area contributed by atoms with Gasteiger partial charge in [-0.05, 0) is 63.6 Å². The van der Waals surface area contributed by atoms with E-state index in [-0.39, 0.29) is 11.4 Å². The minimum Gasteiger partial charge on any atom is -0.494 e. The Kier molecular flexibility index (Phi) is 6.98. The number of nitrogens with one attached hydrogen (secondary N) is 2. The smallest absolute Gasteiger partial charge is 0.412 e. The summed E-state index contributed by atoms with van der Waals surface area (Å²) in [6.45, 7) is 7.72. The van der Waals surface area contributed by atoms with Gasteiger partial charge in [0.15, 0.2) is 0 Å². The summed E-state index contributed by atoms with van der Waals surface area (Å²) in [6, 6.07) is 10.3. The van der Waals surface area contributed by atoms with E-state index < -0.39 is 23.4 Å². The van der Waals surface area contributed by atoms with Crippen LogP contribution in [0.15, 0.2) is 42.5 Å². The Bertz CT molecular complexity index is 847. The minimum absolute atomic E-state index is 0.121. The topological polar surface area (TPSA) is 76.7 Å². The summed E-state index contributed by atoms with van der Waals surface area (Å²) in [5.41, 5.74) is 0.00567. The standard InChI is InChI=1S/C21H25FN2O4/c1-5-11-27-16-8-6-7-14(12-16)19(25)23-18-13-15(22)9-10-17(18)24-20(26)28-21(2,3)4/h6-10,12-13H,5,11H2,1-4H3,(H,23,25)(H,24,26). The largest absolute Gasteiger partial charge is 0.494 e. The van der Waals surface area contributed by atoms with Gasteiger partial charge >= 0.3 is 6.09 Å². The van der Waals surface area contributed by atoms with Gasteiger partial charge in [0.05, 0.1) is 18.0 Å². The zero-order valence-electron chi connectivity index (χ0n) is 16.5. The van der Waals surface area contributed by atoms with Gasteiger partial charge in [-0.15, -0.1) is 0 Å². The molecular formula is C21H25FN2O4. The van der Waals surface area contributed by atoms with Crippen molar-refractivity contribution in [3.63, 3.8) is 0 Å². The first-order valence-electron chi connectivity index (χ1n) is 9.01. The van der Waals surface area contributed by atoms with Crippen molar-refractivity contribution in [2.24, 2.45) is 0 Å². The Morgan fingerprint density at radius 1 is 1.04 bits per heavy atom. The van der Waals surface area contributed by atoms with Crippen LogP contribution in [0, 0.1) is 5.82 Å². The summed E-state index contributed by atoms with van der Waals surface area (Å²) < 4.78 is 24.4. The molecule has 0 fully saturated rings. The van der Waals surface area contributed by atoms with Crippen LogP contribution in [0.1, 0.15) is 44.5 Å². The molecule has 0 aromatic heterocycles. The Hall–Kier alpha value is -3.09. The molecule has 2 amide bonds. The zero-order valence-corrected chi connectivity index (χ0v) is 16.5. The van der Waals surface area contributed by atoms with Crippen LogP contribution < -0.4 is 15.4 Å². The maximum Gasteiger partial charge on any atom is 0.412 e. The number of carbonyl (C=O) groups is 2. The predicted octanol–water partition coefficient (Wildman–Crippen LogP) is 5.21. The summed E-state index contributed by atoms with van der Waals surface area (Å²) in [5.74, 6) is -0.439. The maximum atomic E-state index is 13.7. The molecule has 2 N–H and O–H groups in total. The molecule has 6 nitrogen and oxygen atoms in total. The second-order valence-electron chi connectivity index (χ2n) is 7.15. The van der Waals surface area contributed by atoms with E-state index >= 15 is 0 Å². The third-order valence-corrected chi connectivity index (χ3v) is 3.43. The lowest BCUT2D eigenvalue weighted by atomic mass is 10.2. The lowest BCUT2D eigenvalue weighted by Gasteiger charge is -2.20. The van der Waals surface area contributed by atoms with Crippen LogP contribution in [-0.4, -0.2) is 24.2 Å². The van der Waals surface area contributed by atoms with Crippen LogP contribution in [-0.2, 0) is 4.74 Å². The van der Waals surface area contributed by atoms with E-state index in [1.165, 1.54) is 12.1 Å². The molecule has 2 aromatic carbocycles. The number of anilines is 2. The van der Waals surface area contributed by atoms with Crippen LogP contribution in [0.5, 0.6) is 5.75 Å². The van der Waals surface area contributed by atoms with Crippen molar-refractivity contribution < 1.29 is 23.5 Å². The number of carbonyl (C=O) groups excluding carboxylic acids is 2. The predicted molar refractivity (Wildman–Crippen MR) is 106 cm³/mol. The molecule has 2 rings (SSSR count). The van der Waals surface area contributed by atoms with E-state index in [1.54, 1.807) is 45.0 Å². The molecule has 0 saturated heterocycles. The number of halogens is 1. The highest BCUT2D eigenvalue weighted by Crippen LogP contribution is 2.25. The fourth-order valence-corrected chi connectivity index (χ4v) is 2.28. The van der Waals surface area contributed by atoms with Gasteiger partial charge in [0.1, 0.15) is 17.2 Å². The van der Waals surface area contributed by atoms with Gasteiger partial charge in [0.25, 0.3) is 5.91 Å². The molecule has 7 heteroatoms. The molecule has 28 heavy (non-hydrogen) atoms. The van der Waals surface area contributed by atoms with Crippen LogP contribution in [0.2, 0.25) is 0 Å². The Morgan fingerprint density at radius 3 is 2.46 bits per heavy atom. The average Bonchev–Trinajstić information content (AvgIpc) is 2.61. The molecular weight excluding hydrogens is 363 g/mol. The van der Waals surface area contributed by atoms with Crippen molar-refractivity contribution >= 4 is 23.4 Å². The lowest BCUT2D eigenvalue weighted by Crippen LogP contribution is -2.27. The molecule has 0 radical (unpaired) electrons. The number of ether oxygens (including phenoxy) is 2. The summed E-state index contributed by atoms with van der Waals surface area (Å²) in [4.78, 5) is 24.6. The summed E-state index contributed by atoms with van der Waals surface area (Å²) in [6.07, 6.45) is 0.143. The molecule has 0 heterocycles. The molecule has 0 bridgehead atoms. The number of rotatable bonds is 6. The molecule has 0 saturated carbocycles. The van der Waals surface area contributed by atoms with Crippen molar-refractivity contribution in [3.8, 4) is 5.75 Å². The first kappa shape index (κ1) is 21.2. The van der Waals surface area contributed by atoms with E-state index in [0.29, 0.717) is 17.9 Å². The second kappa shape index (κ2) is 9.21. The van der Waals surface area contributed by atoms with Crippen LogP contribution in [0.3, 0.4) is 0 Å². The number of amides is 2. The van der Waals surface area contributed by atoms with E-state index in [0.717, 1.165) is 12.5 Å². The van der Waals surface area contributed by atoms with Crippen LogP contribution in [0.25, 0.3) is 0 Å². The number of hydrogen-bond acceptors (Lipinski definition) is 4. The summed E-state index contributed by atoms with van der Waals surface area (Å²) in [7, 11) is 0. The van der Waals surface area contributed by atoms with Crippen LogP contribution in [0.4, 0.5) is 20.6 Å². The molecule has 0 unspecified atom stereocenters. The van der Waals surface area contributed by atoms with Crippen molar-refractivity contribution in [3.05, 3.63) is 53.8 Å². The van der Waals surface area contributed by atoms with Gasteiger partial charge in [-0.25, -0.2) is 9.18 Å². The SMILES string of the molecule is CCCOc1cccc(C(=O)Nc2cc(F)ccc2NC(=O)OC(C)(C)C)c1. The van der Waals surface area contributed by atoms with Gasteiger partial charge < -0.3 is 14.8 Å². The fraction of sp³-hybridized carbons (Fsp3) is 0.333. The first-order chi connectivity index (χ1) is 13.2. The first-order valence-corrected chi connectivity index (χ1v) is 9.01. The van der Waals surface area contributed by atoms with E-state index in [1.807, 2.05) is 6.92 Å². The fourth-order valence-electron chi connectivity index (χ4n) is 2.28. The zero-order chi connectivity index (χ0) is 20.7. The third-order valence-electron chi connectivity index (χ3n) is 3.43. The van der Waals surface area contributed by atoms with E-state index in [9.17, 15) is 14.0 Å². The second-order valence-corrected chi connectivity index (χ2v) is 7.15. The van der Waals surface area contributed by atoms with Crippen molar-refractivity contribution in [2.75, 3.05) is 17.2 Å². The molecule has 0 spiro atoms. The maximum absolute atomic E-state index is 13.7. The highest BCUT2D eigenvalue weighted by Gasteiger charge is 2.18. The Labute approximate surface area is 164 Å². The third kappa shape index (κ3) is 6.57. The molecule has 0 aliphatic heterocycles. The van der Waals surface area contributed by atoms with Crippen molar-refractivity contribution in [1.29, 1.82) is 0 Å². The normalized spacial score (nSPS) is 10.9. The van der Waals surface area contributed by atoms with Gasteiger partial charge in [-0.2, -0.15) is 0 Å². The van der Waals surface area contributed by atoms with E-state index in [4.69, 9.17) is 9.47 Å².